The Kier molecular flexibility index (Phi) is 157. The van der Waals surface area contributed by atoms with E-state index in [-0.39, 0.29) is 106 Å². The topological polar surface area (TPSA) is 0 Å². The van der Waals surface area contributed by atoms with Gasteiger partial charge < -0.3 is 40.0 Å². The van der Waals surface area contributed by atoms with Gasteiger partial charge in [-0.15, -0.1) is 0 Å². The molecule has 0 unspecified atom stereocenters. The molecule has 0 saturated heterocycles. The molecule has 0 nitrogen and oxygen atoms in total. The molecule has 0 saturated carbocycles. The zero-order chi connectivity index (χ0) is 29.5. The fourth-order valence-corrected chi connectivity index (χ4v) is 1.80. The molecule has 39 heavy (non-hydrogen) atoms. The molecule has 0 fully saturated rings. The fraction of sp³-hybridized carbons (Fsp3) is 0.667. The summed E-state index contributed by atoms with van der Waals surface area (Å²) in [7, 11) is 0. The first-order valence-electron chi connectivity index (χ1n) is 14.2. The number of hydrogen-bond donors (Lipinski definition) is 0. The van der Waals surface area contributed by atoms with Crippen molar-refractivity contribution in [3.05, 3.63) is 75.9 Å². The molecule has 1 aromatic rings. The predicted octanol–water partition coefficient (Wildman–Crippen LogP) is 13.9. The molecule has 235 valence electrons. The molecule has 0 atom stereocenters. The maximum atomic E-state index is 3.76. The van der Waals surface area contributed by atoms with Crippen LogP contribution in [0, 0.1) is 51.9 Å². The average Bonchev–Trinajstić information content (AvgIpc) is 2.83. The number of benzene rings is 1. The van der Waals surface area contributed by atoms with Crippen LogP contribution in [0.5, 0.6) is 0 Å². The third-order valence-electron chi connectivity index (χ3n) is 3.28. The van der Waals surface area contributed by atoms with Crippen LogP contribution >= 0.6 is 0 Å². The molecule has 0 aromatic heterocycles. The molecule has 0 aliphatic heterocycles. The summed E-state index contributed by atoms with van der Waals surface area (Å²) < 4.78 is 0. The van der Waals surface area contributed by atoms with Gasteiger partial charge in [0.15, 0.2) is 0 Å². The maximum Gasteiger partial charge on any atom is 0 e. The van der Waals surface area contributed by atoms with E-state index in [2.05, 4.69) is 86.6 Å². The molecule has 0 aliphatic rings. The Morgan fingerprint density at radius 3 is 0.974 bits per heavy atom. The quantitative estimate of drug-likeness (QED) is 0.253. The van der Waals surface area contributed by atoms with Gasteiger partial charge in [-0.1, -0.05) is 112 Å². The van der Waals surface area contributed by atoms with Gasteiger partial charge in [-0.25, -0.2) is 0 Å². The van der Waals surface area contributed by atoms with Crippen molar-refractivity contribution < 1.29 is 98.1 Å². The van der Waals surface area contributed by atoms with Crippen LogP contribution in [0.3, 0.4) is 0 Å². The van der Waals surface area contributed by atoms with E-state index in [4.69, 9.17) is 0 Å². The van der Waals surface area contributed by atoms with Crippen molar-refractivity contribution in [1.82, 2.24) is 0 Å². The van der Waals surface area contributed by atoms with Crippen LogP contribution in [0.1, 0.15) is 155 Å². The Bertz CT molecular complexity index is 345. The molecule has 0 aliphatic carbocycles. The van der Waals surface area contributed by atoms with Crippen LogP contribution in [-0.4, -0.2) is 0 Å². The summed E-state index contributed by atoms with van der Waals surface area (Å²) >= 11 is 0. The fourth-order valence-electron chi connectivity index (χ4n) is 1.80. The Morgan fingerprint density at radius 2 is 0.872 bits per heavy atom. The second-order valence-corrected chi connectivity index (χ2v) is 8.72. The minimum atomic E-state index is 0. The minimum Gasteiger partial charge on any atom is -0.346 e. The number of rotatable bonds is 6. The van der Waals surface area contributed by atoms with Crippen molar-refractivity contribution in [3.63, 3.8) is 0 Å². The molecule has 1 aromatic carbocycles. The van der Waals surface area contributed by atoms with Crippen LogP contribution in [0.2, 0.25) is 0 Å². The van der Waals surface area contributed by atoms with Crippen LogP contribution < -0.4 is 0 Å². The molecular formula is C36H76Y3-6. The molecule has 0 N–H and O–H groups in total. The molecular weight excluding hydrogens is 699 g/mol. The summed E-state index contributed by atoms with van der Waals surface area (Å²) in [5.74, 6) is 2.36. The third kappa shape index (κ3) is 130. The first-order chi connectivity index (χ1) is 16.6. The van der Waals surface area contributed by atoms with Crippen molar-refractivity contribution >= 4 is 0 Å². The summed E-state index contributed by atoms with van der Waals surface area (Å²) in [5, 5.41) is 0. The van der Waals surface area contributed by atoms with Gasteiger partial charge in [0.1, 0.15) is 0 Å². The largest absolute Gasteiger partial charge is 0.346 e. The van der Waals surface area contributed by atoms with E-state index in [0.29, 0.717) is 5.92 Å². The molecule has 0 amide bonds. The van der Waals surface area contributed by atoms with Crippen molar-refractivity contribution in [2.24, 2.45) is 11.8 Å². The summed E-state index contributed by atoms with van der Waals surface area (Å²) in [5.41, 5.74) is 1.41. The SMILES string of the molecule is C.CC.CC(C)c1ccccc1.C[CH-]C.C[CH-]C.C[CH-]C.[CH2-]C.[CH2-]CCC(C)C.[CH2-]CCCC(C)C.[Y].[Y].[Y]. The van der Waals surface area contributed by atoms with Gasteiger partial charge in [0.05, 0.1) is 0 Å². The molecule has 3 heteroatoms. The molecule has 3 radical (unpaired) electrons. The van der Waals surface area contributed by atoms with Gasteiger partial charge in [0.2, 0.25) is 0 Å². The van der Waals surface area contributed by atoms with Crippen molar-refractivity contribution in [2.45, 2.75) is 149 Å². The monoisotopic (exact) mass is 775 g/mol. The van der Waals surface area contributed by atoms with Crippen LogP contribution in [0.4, 0.5) is 0 Å². The van der Waals surface area contributed by atoms with Crippen LogP contribution in [-0.2, 0) is 98.1 Å². The van der Waals surface area contributed by atoms with Gasteiger partial charge in [0, 0.05) is 98.1 Å². The van der Waals surface area contributed by atoms with Crippen LogP contribution in [0.15, 0.2) is 30.3 Å². The van der Waals surface area contributed by atoms with Gasteiger partial charge in [-0.05, 0) is 23.3 Å². The summed E-state index contributed by atoms with van der Waals surface area (Å²) in [6, 6.07) is 10.5. The van der Waals surface area contributed by atoms with Crippen molar-refractivity contribution in [3.8, 4) is 0 Å². The first-order valence-corrected chi connectivity index (χ1v) is 14.2. The van der Waals surface area contributed by atoms with Crippen LogP contribution in [0.25, 0.3) is 0 Å². The normalized spacial score (nSPS) is 7.41. The van der Waals surface area contributed by atoms with E-state index in [1.54, 1.807) is 6.92 Å². The smallest absolute Gasteiger partial charge is 0 e. The van der Waals surface area contributed by atoms with E-state index in [1.165, 1.54) is 24.8 Å². The standard InChI is InChI=1S/C9H12.C7H15.C6H13.3C3H7.C2H6.C2H5.CH4.3Y/c1-8(2)9-6-4-3-5-7-9;1-4-5-6-7(2)3;1-4-5-6(2)3;3*1-3-2;2*1-2;;;;/h3-8H,1-2H3;7H,1,4-6H2,2-3H3;6H,1,4-5H2,2-3H3;3*3H,1-2H3;1-2H3;1H2,2H3;1H4;;;/q;5*-1;;-1;;;;. The second kappa shape index (κ2) is 83.6. The Labute approximate surface area is 331 Å². The molecule has 0 spiro atoms. The van der Waals surface area contributed by atoms with E-state index in [1.807, 2.05) is 80.7 Å². The molecule has 0 bridgehead atoms. The van der Waals surface area contributed by atoms with E-state index >= 15 is 0 Å². The summed E-state index contributed by atoms with van der Waals surface area (Å²) in [4.78, 5) is 0. The van der Waals surface area contributed by atoms with Crippen molar-refractivity contribution in [2.75, 3.05) is 0 Å². The van der Waals surface area contributed by atoms with E-state index in [9.17, 15) is 0 Å². The Hall–Kier alpha value is 2.53. The van der Waals surface area contributed by atoms with Gasteiger partial charge in [0.25, 0.3) is 0 Å². The van der Waals surface area contributed by atoms with Crippen molar-refractivity contribution in [1.29, 1.82) is 0 Å². The maximum absolute atomic E-state index is 3.76. The summed E-state index contributed by atoms with van der Waals surface area (Å²) in [6.45, 7) is 41.8. The molecule has 1 rings (SSSR count). The zero-order valence-corrected chi connectivity index (χ0v) is 37.8. The zero-order valence-electron chi connectivity index (χ0n) is 29.2. The first kappa shape index (κ1) is 73.2. The van der Waals surface area contributed by atoms with E-state index < -0.39 is 0 Å². The predicted molar refractivity (Wildman–Crippen MR) is 180 cm³/mol. The Morgan fingerprint density at radius 1 is 0.590 bits per heavy atom. The van der Waals surface area contributed by atoms with Gasteiger partial charge >= 0.3 is 0 Å². The summed E-state index contributed by atoms with van der Waals surface area (Å²) in [6.07, 6.45) is 12.1. The minimum absolute atomic E-state index is 0. The number of unbranched alkanes of at least 4 members (excludes halogenated alkanes) is 1. The van der Waals surface area contributed by atoms with E-state index in [0.717, 1.165) is 24.7 Å². The third-order valence-corrected chi connectivity index (χ3v) is 3.28. The van der Waals surface area contributed by atoms with Gasteiger partial charge in [-0.2, -0.15) is 61.3 Å². The second-order valence-electron chi connectivity index (χ2n) is 8.72. The van der Waals surface area contributed by atoms with Gasteiger partial charge in [-0.3, -0.25) is 0 Å². The number of hydrogen-bond acceptors (Lipinski definition) is 0. The molecule has 0 heterocycles. The average molecular weight is 776 g/mol. The Balaban J connectivity index is -0.0000000267.